The van der Waals surface area contributed by atoms with Crippen LogP contribution in [0.15, 0.2) is 35.1 Å². The van der Waals surface area contributed by atoms with Crippen molar-refractivity contribution in [3.63, 3.8) is 0 Å². The number of furan rings is 1. The zero-order valence-electron chi connectivity index (χ0n) is 9.18. The Bertz CT molecular complexity index is 501. The molecule has 0 aliphatic carbocycles. The van der Waals surface area contributed by atoms with Gasteiger partial charge in [0.1, 0.15) is 11.4 Å². The fraction of sp³-hybridized carbons (Fsp3) is 0.182. The SMILES string of the molecule is COc1cccnc1C(NN)c1ccoc1Cl. The zero-order chi connectivity index (χ0) is 12.3. The molecular formula is C11H12ClN3O2. The number of aromatic nitrogens is 1. The molecule has 17 heavy (non-hydrogen) atoms. The summed E-state index contributed by atoms with van der Waals surface area (Å²) in [5.41, 5.74) is 4.02. The van der Waals surface area contributed by atoms with Gasteiger partial charge in [-0.3, -0.25) is 10.8 Å². The fourth-order valence-corrected chi connectivity index (χ4v) is 1.84. The smallest absolute Gasteiger partial charge is 0.198 e. The van der Waals surface area contributed by atoms with Crippen LogP contribution in [0.3, 0.4) is 0 Å². The van der Waals surface area contributed by atoms with Crippen molar-refractivity contribution >= 4 is 11.6 Å². The van der Waals surface area contributed by atoms with Crippen LogP contribution in [0.4, 0.5) is 0 Å². The molecular weight excluding hydrogens is 242 g/mol. The number of rotatable bonds is 4. The molecule has 0 fully saturated rings. The van der Waals surface area contributed by atoms with E-state index in [1.807, 2.05) is 0 Å². The average molecular weight is 254 g/mol. The lowest BCUT2D eigenvalue weighted by Crippen LogP contribution is -2.29. The molecule has 90 valence electrons. The molecule has 0 aliphatic heterocycles. The highest BCUT2D eigenvalue weighted by Crippen LogP contribution is 2.31. The van der Waals surface area contributed by atoms with Crippen molar-refractivity contribution in [2.45, 2.75) is 6.04 Å². The van der Waals surface area contributed by atoms with Gasteiger partial charge in [-0.25, -0.2) is 5.43 Å². The van der Waals surface area contributed by atoms with Crippen LogP contribution in [0.2, 0.25) is 5.22 Å². The van der Waals surface area contributed by atoms with Crippen molar-refractivity contribution in [3.05, 3.63) is 47.1 Å². The highest BCUT2D eigenvalue weighted by atomic mass is 35.5. The Morgan fingerprint density at radius 1 is 1.53 bits per heavy atom. The van der Waals surface area contributed by atoms with Gasteiger partial charge in [0.2, 0.25) is 0 Å². The lowest BCUT2D eigenvalue weighted by atomic mass is 10.1. The molecule has 0 saturated heterocycles. The monoisotopic (exact) mass is 253 g/mol. The first-order valence-electron chi connectivity index (χ1n) is 4.96. The number of hydrazine groups is 1. The standard InChI is InChI=1S/C11H12ClN3O2/c1-16-8-3-2-5-14-10(8)9(15-13)7-4-6-17-11(7)12/h2-6,9,15H,13H2,1H3. The van der Waals surface area contributed by atoms with Crippen LogP contribution >= 0.6 is 11.6 Å². The molecule has 0 bridgehead atoms. The number of hydrogen-bond acceptors (Lipinski definition) is 5. The second-order valence-electron chi connectivity index (χ2n) is 3.34. The highest BCUT2D eigenvalue weighted by molar-refractivity contribution is 6.29. The molecule has 0 aliphatic rings. The van der Waals surface area contributed by atoms with Gasteiger partial charge in [-0.15, -0.1) is 0 Å². The van der Waals surface area contributed by atoms with E-state index in [9.17, 15) is 0 Å². The minimum absolute atomic E-state index is 0.278. The van der Waals surface area contributed by atoms with Crippen molar-refractivity contribution in [1.29, 1.82) is 0 Å². The summed E-state index contributed by atoms with van der Waals surface area (Å²) in [5.74, 6) is 6.17. The summed E-state index contributed by atoms with van der Waals surface area (Å²) >= 11 is 5.93. The maximum Gasteiger partial charge on any atom is 0.198 e. The number of pyridine rings is 1. The molecule has 2 heterocycles. The quantitative estimate of drug-likeness (QED) is 0.643. The van der Waals surface area contributed by atoms with Crippen LogP contribution in [-0.2, 0) is 0 Å². The van der Waals surface area contributed by atoms with Crippen molar-refractivity contribution in [1.82, 2.24) is 10.4 Å². The van der Waals surface area contributed by atoms with E-state index < -0.39 is 0 Å². The summed E-state index contributed by atoms with van der Waals surface area (Å²) in [5, 5.41) is 0.278. The summed E-state index contributed by atoms with van der Waals surface area (Å²) in [6, 6.07) is 4.95. The normalized spacial score (nSPS) is 12.4. The third-order valence-corrected chi connectivity index (χ3v) is 2.72. The fourth-order valence-electron chi connectivity index (χ4n) is 1.62. The van der Waals surface area contributed by atoms with E-state index in [1.165, 1.54) is 6.26 Å². The maximum atomic E-state index is 5.93. The molecule has 2 rings (SSSR count). The minimum Gasteiger partial charge on any atom is -0.495 e. The predicted octanol–water partition coefficient (Wildman–Crippen LogP) is 1.89. The largest absolute Gasteiger partial charge is 0.495 e. The molecule has 1 unspecified atom stereocenters. The molecule has 0 aromatic carbocycles. The first kappa shape index (κ1) is 11.9. The van der Waals surface area contributed by atoms with Crippen LogP contribution in [-0.4, -0.2) is 12.1 Å². The summed E-state index contributed by atoms with van der Waals surface area (Å²) in [7, 11) is 1.57. The molecule has 5 nitrogen and oxygen atoms in total. The second kappa shape index (κ2) is 5.18. The molecule has 2 aromatic rings. The van der Waals surface area contributed by atoms with E-state index in [0.717, 1.165) is 0 Å². The number of nitrogens with zero attached hydrogens (tertiary/aromatic N) is 1. The summed E-state index contributed by atoms with van der Waals surface area (Å²) in [6.07, 6.45) is 3.16. The van der Waals surface area contributed by atoms with E-state index in [2.05, 4.69) is 10.4 Å². The van der Waals surface area contributed by atoms with Gasteiger partial charge in [0.25, 0.3) is 0 Å². The van der Waals surface area contributed by atoms with Crippen molar-refractivity contribution in [3.8, 4) is 5.75 Å². The average Bonchev–Trinajstić information content (AvgIpc) is 2.78. The number of hydrogen-bond donors (Lipinski definition) is 2. The van der Waals surface area contributed by atoms with E-state index in [-0.39, 0.29) is 11.3 Å². The van der Waals surface area contributed by atoms with Crippen LogP contribution in [0.25, 0.3) is 0 Å². The Morgan fingerprint density at radius 2 is 2.35 bits per heavy atom. The molecule has 6 heteroatoms. The lowest BCUT2D eigenvalue weighted by Gasteiger charge is -2.16. The van der Waals surface area contributed by atoms with Gasteiger partial charge in [-0.05, 0) is 29.8 Å². The minimum atomic E-state index is -0.377. The summed E-state index contributed by atoms with van der Waals surface area (Å²) in [4.78, 5) is 4.25. The van der Waals surface area contributed by atoms with Gasteiger partial charge < -0.3 is 9.15 Å². The van der Waals surface area contributed by atoms with Gasteiger partial charge in [-0.1, -0.05) is 0 Å². The molecule has 0 radical (unpaired) electrons. The molecule has 3 N–H and O–H groups in total. The van der Waals surface area contributed by atoms with Gasteiger partial charge in [0.15, 0.2) is 5.22 Å². The van der Waals surface area contributed by atoms with Crippen LogP contribution in [0, 0.1) is 0 Å². The van der Waals surface area contributed by atoms with Gasteiger partial charge in [0, 0.05) is 11.8 Å². The van der Waals surface area contributed by atoms with Gasteiger partial charge in [-0.2, -0.15) is 0 Å². The predicted molar refractivity (Wildman–Crippen MR) is 63.7 cm³/mol. The lowest BCUT2D eigenvalue weighted by molar-refractivity contribution is 0.400. The van der Waals surface area contributed by atoms with Crippen molar-refractivity contribution < 1.29 is 9.15 Å². The van der Waals surface area contributed by atoms with Crippen molar-refractivity contribution in [2.75, 3.05) is 7.11 Å². The number of ether oxygens (including phenoxy) is 1. The van der Waals surface area contributed by atoms with Crippen LogP contribution in [0.5, 0.6) is 5.75 Å². The Balaban J connectivity index is 2.46. The van der Waals surface area contributed by atoms with Gasteiger partial charge in [0.05, 0.1) is 19.4 Å². The van der Waals surface area contributed by atoms with E-state index in [4.69, 9.17) is 26.6 Å². The summed E-state index contributed by atoms with van der Waals surface area (Å²) in [6.45, 7) is 0. The van der Waals surface area contributed by atoms with Crippen LogP contribution in [0.1, 0.15) is 17.3 Å². The third-order valence-electron chi connectivity index (χ3n) is 2.42. The number of halogens is 1. The molecule has 0 saturated carbocycles. The molecule has 2 aromatic heterocycles. The maximum absolute atomic E-state index is 5.93. The molecule has 0 spiro atoms. The summed E-state index contributed by atoms with van der Waals surface area (Å²) < 4.78 is 10.3. The van der Waals surface area contributed by atoms with Gasteiger partial charge >= 0.3 is 0 Å². The third kappa shape index (κ3) is 2.26. The van der Waals surface area contributed by atoms with E-state index in [0.29, 0.717) is 17.0 Å². The Kier molecular flexibility index (Phi) is 3.63. The number of nitrogens with two attached hydrogens (primary N) is 1. The van der Waals surface area contributed by atoms with Crippen LogP contribution < -0.4 is 16.0 Å². The van der Waals surface area contributed by atoms with Crippen molar-refractivity contribution in [2.24, 2.45) is 5.84 Å². The number of methoxy groups -OCH3 is 1. The molecule has 0 amide bonds. The second-order valence-corrected chi connectivity index (χ2v) is 3.68. The highest BCUT2D eigenvalue weighted by Gasteiger charge is 2.22. The zero-order valence-corrected chi connectivity index (χ0v) is 9.94. The van der Waals surface area contributed by atoms with E-state index >= 15 is 0 Å². The topological polar surface area (TPSA) is 73.3 Å². The first-order valence-corrected chi connectivity index (χ1v) is 5.33. The Morgan fingerprint density at radius 3 is 2.94 bits per heavy atom. The Hall–Kier alpha value is -1.56. The Labute approximate surface area is 104 Å². The number of nitrogens with one attached hydrogen (secondary N) is 1. The van der Waals surface area contributed by atoms with E-state index in [1.54, 1.807) is 31.5 Å². The molecule has 1 atom stereocenters. The first-order chi connectivity index (χ1) is 8.27.